The molecule has 1 nitrogen and oxygen atoms in total. The highest BCUT2D eigenvalue weighted by Gasteiger charge is 2.05. The van der Waals surface area contributed by atoms with Crippen LogP contribution in [0.25, 0.3) is 5.57 Å². The quantitative estimate of drug-likeness (QED) is 0.629. The number of rotatable bonds is 2. The molecule has 0 heterocycles. The maximum atomic E-state index is 4.21. The number of aliphatic imine (C=N–C) groups is 1. The Morgan fingerprint density at radius 2 is 1.79 bits per heavy atom. The van der Waals surface area contributed by atoms with E-state index < -0.39 is 0 Å². The SMILES string of the molecule is C=C(C)c1cccc(/C(C)=N\C)c1C. The highest BCUT2D eigenvalue weighted by molar-refractivity contribution is 6.00. The van der Waals surface area contributed by atoms with Crippen molar-refractivity contribution in [2.75, 3.05) is 7.05 Å². The van der Waals surface area contributed by atoms with Gasteiger partial charge in [0.15, 0.2) is 0 Å². The normalized spacial score (nSPS) is 11.6. The maximum absolute atomic E-state index is 4.21. The van der Waals surface area contributed by atoms with Gasteiger partial charge in [-0.15, -0.1) is 0 Å². The molecule has 0 aliphatic heterocycles. The van der Waals surface area contributed by atoms with Crippen LogP contribution in [-0.2, 0) is 0 Å². The van der Waals surface area contributed by atoms with Crippen LogP contribution in [0.2, 0.25) is 0 Å². The Morgan fingerprint density at radius 1 is 1.21 bits per heavy atom. The van der Waals surface area contributed by atoms with Crippen LogP contribution in [0.1, 0.15) is 30.5 Å². The smallest absolute Gasteiger partial charge is 0.0389 e. The summed E-state index contributed by atoms with van der Waals surface area (Å²) >= 11 is 0. The lowest BCUT2D eigenvalue weighted by Crippen LogP contribution is -2.00. The van der Waals surface area contributed by atoms with Crippen molar-refractivity contribution in [3.05, 3.63) is 41.5 Å². The first kappa shape index (κ1) is 10.7. The Balaban J connectivity index is 3.35. The Labute approximate surface area is 86.2 Å². The molecule has 0 aliphatic carbocycles. The minimum Gasteiger partial charge on any atom is -0.293 e. The second-order valence-electron chi connectivity index (χ2n) is 3.57. The molecule has 0 aliphatic rings. The number of hydrogen-bond donors (Lipinski definition) is 0. The van der Waals surface area contributed by atoms with Crippen LogP contribution in [0, 0.1) is 6.92 Å². The van der Waals surface area contributed by atoms with Gasteiger partial charge in [-0.25, -0.2) is 0 Å². The van der Waals surface area contributed by atoms with Gasteiger partial charge in [0.2, 0.25) is 0 Å². The topological polar surface area (TPSA) is 12.4 Å². The summed E-state index contributed by atoms with van der Waals surface area (Å²) in [5, 5.41) is 0. The molecule has 1 heteroatoms. The van der Waals surface area contributed by atoms with Gasteiger partial charge in [-0.05, 0) is 37.5 Å². The lowest BCUT2D eigenvalue weighted by molar-refractivity contribution is 1.35. The van der Waals surface area contributed by atoms with Gasteiger partial charge in [0.1, 0.15) is 0 Å². The molecule has 0 atom stereocenters. The fourth-order valence-corrected chi connectivity index (χ4v) is 1.61. The second kappa shape index (κ2) is 4.23. The van der Waals surface area contributed by atoms with Crippen LogP contribution in [-0.4, -0.2) is 12.8 Å². The van der Waals surface area contributed by atoms with Crippen LogP contribution in [0.4, 0.5) is 0 Å². The zero-order chi connectivity index (χ0) is 10.7. The molecule has 0 amide bonds. The van der Waals surface area contributed by atoms with Gasteiger partial charge in [-0.3, -0.25) is 4.99 Å². The van der Waals surface area contributed by atoms with Crippen LogP contribution in [0.15, 0.2) is 29.8 Å². The third kappa shape index (κ3) is 1.92. The fraction of sp³-hybridized carbons (Fsp3) is 0.308. The molecule has 14 heavy (non-hydrogen) atoms. The molecule has 0 radical (unpaired) electrons. The van der Waals surface area contributed by atoms with Crippen molar-refractivity contribution in [2.45, 2.75) is 20.8 Å². The average molecular weight is 187 g/mol. The van der Waals surface area contributed by atoms with Crippen LogP contribution in [0.3, 0.4) is 0 Å². The van der Waals surface area contributed by atoms with Gasteiger partial charge >= 0.3 is 0 Å². The molecule has 1 rings (SSSR count). The Bertz CT molecular complexity index is 386. The van der Waals surface area contributed by atoms with E-state index in [4.69, 9.17) is 0 Å². The lowest BCUT2D eigenvalue weighted by atomic mass is 9.96. The number of allylic oxidation sites excluding steroid dienone is 1. The highest BCUT2D eigenvalue weighted by atomic mass is 14.7. The largest absolute Gasteiger partial charge is 0.293 e. The predicted octanol–water partition coefficient (Wildman–Crippen LogP) is 3.47. The van der Waals surface area contributed by atoms with Gasteiger partial charge in [-0.2, -0.15) is 0 Å². The third-order valence-corrected chi connectivity index (χ3v) is 2.52. The van der Waals surface area contributed by atoms with Crippen LogP contribution < -0.4 is 0 Å². The molecule has 74 valence electrons. The molecule has 0 saturated carbocycles. The van der Waals surface area contributed by atoms with Crippen molar-refractivity contribution in [3.8, 4) is 0 Å². The molecule has 0 N–H and O–H groups in total. The molecule has 0 fully saturated rings. The van der Waals surface area contributed by atoms with Crippen molar-refractivity contribution in [2.24, 2.45) is 4.99 Å². The van der Waals surface area contributed by atoms with E-state index in [1.807, 2.05) is 20.9 Å². The van der Waals surface area contributed by atoms with Crippen molar-refractivity contribution < 1.29 is 0 Å². The van der Waals surface area contributed by atoms with Crippen molar-refractivity contribution in [3.63, 3.8) is 0 Å². The van der Waals surface area contributed by atoms with Crippen molar-refractivity contribution in [1.29, 1.82) is 0 Å². The van der Waals surface area contributed by atoms with E-state index in [9.17, 15) is 0 Å². The summed E-state index contributed by atoms with van der Waals surface area (Å²) in [6.45, 7) is 10.2. The van der Waals surface area contributed by atoms with E-state index in [1.54, 1.807) is 0 Å². The molecule has 0 bridgehead atoms. The zero-order valence-electron chi connectivity index (χ0n) is 9.39. The zero-order valence-corrected chi connectivity index (χ0v) is 9.39. The van der Waals surface area contributed by atoms with E-state index in [0.29, 0.717) is 0 Å². The molecule has 0 unspecified atom stereocenters. The van der Waals surface area contributed by atoms with Crippen LogP contribution in [0.5, 0.6) is 0 Å². The summed E-state index contributed by atoms with van der Waals surface area (Å²) in [7, 11) is 1.82. The summed E-state index contributed by atoms with van der Waals surface area (Å²) in [6.07, 6.45) is 0. The van der Waals surface area contributed by atoms with Crippen molar-refractivity contribution in [1.82, 2.24) is 0 Å². The van der Waals surface area contributed by atoms with Gasteiger partial charge < -0.3 is 0 Å². The summed E-state index contributed by atoms with van der Waals surface area (Å²) in [5.41, 5.74) is 5.89. The first-order chi connectivity index (χ1) is 6.57. The van der Waals surface area contributed by atoms with Gasteiger partial charge in [0.25, 0.3) is 0 Å². The minimum absolute atomic E-state index is 1.07. The van der Waals surface area contributed by atoms with Gasteiger partial charge in [-0.1, -0.05) is 30.4 Å². The van der Waals surface area contributed by atoms with E-state index in [-0.39, 0.29) is 0 Å². The van der Waals surface area contributed by atoms with E-state index in [2.05, 4.69) is 36.7 Å². The first-order valence-corrected chi connectivity index (χ1v) is 4.77. The predicted molar refractivity (Wildman–Crippen MR) is 64.0 cm³/mol. The standard InChI is InChI=1S/C13H17N/c1-9(2)12-7-6-8-13(10(12)3)11(4)14-5/h6-8H,1H2,2-5H3/b14-11-. The van der Waals surface area contributed by atoms with Gasteiger partial charge in [0.05, 0.1) is 0 Å². The molecular weight excluding hydrogens is 170 g/mol. The lowest BCUT2D eigenvalue weighted by Gasteiger charge is -2.10. The molecule has 0 saturated heterocycles. The van der Waals surface area contributed by atoms with E-state index in [0.717, 1.165) is 11.3 Å². The Hall–Kier alpha value is -1.37. The summed E-state index contributed by atoms with van der Waals surface area (Å²) in [6, 6.07) is 6.26. The molecule has 0 spiro atoms. The fourth-order valence-electron chi connectivity index (χ4n) is 1.61. The molecule has 1 aromatic carbocycles. The first-order valence-electron chi connectivity index (χ1n) is 4.77. The van der Waals surface area contributed by atoms with E-state index in [1.165, 1.54) is 16.7 Å². The maximum Gasteiger partial charge on any atom is 0.0389 e. The molecular formula is C13H17N. The summed E-state index contributed by atoms with van der Waals surface area (Å²) < 4.78 is 0. The number of hydrogen-bond acceptors (Lipinski definition) is 1. The summed E-state index contributed by atoms with van der Waals surface area (Å²) in [5.74, 6) is 0. The number of nitrogens with zero attached hydrogens (tertiary/aromatic N) is 1. The van der Waals surface area contributed by atoms with Crippen LogP contribution >= 0.6 is 0 Å². The monoisotopic (exact) mass is 187 g/mol. The Morgan fingerprint density at radius 3 is 2.29 bits per heavy atom. The third-order valence-electron chi connectivity index (χ3n) is 2.52. The molecule has 0 aromatic heterocycles. The Kier molecular flexibility index (Phi) is 3.23. The summed E-state index contributed by atoms with van der Waals surface area (Å²) in [4.78, 5) is 4.21. The van der Waals surface area contributed by atoms with Crippen molar-refractivity contribution >= 4 is 11.3 Å². The molecule has 1 aromatic rings. The van der Waals surface area contributed by atoms with Gasteiger partial charge in [0, 0.05) is 12.8 Å². The average Bonchev–Trinajstić information content (AvgIpc) is 2.16. The highest BCUT2D eigenvalue weighted by Crippen LogP contribution is 2.20. The van der Waals surface area contributed by atoms with E-state index >= 15 is 0 Å². The minimum atomic E-state index is 1.07. The second-order valence-corrected chi connectivity index (χ2v) is 3.57. The number of benzene rings is 1.